The molecule has 1 fully saturated rings. The van der Waals surface area contributed by atoms with Gasteiger partial charge in [-0.25, -0.2) is 13.6 Å². The fourth-order valence-corrected chi connectivity index (χ4v) is 2.10. The highest BCUT2D eigenvalue weighted by Gasteiger charge is 2.35. The number of hydrogen-bond acceptors (Lipinski definition) is 5. The van der Waals surface area contributed by atoms with Crippen molar-refractivity contribution in [2.24, 2.45) is 0 Å². The number of nitro benzene ring substituents is 1. The number of carbonyl (C=O) groups excluding carboxylic acids is 1. The molecule has 0 unspecified atom stereocenters. The maximum absolute atomic E-state index is 13.8. The average Bonchev–Trinajstić information content (AvgIpc) is 2.31. The molecule has 1 heterocycles. The first-order valence-electron chi connectivity index (χ1n) is 6.95. The monoisotopic (exact) mass is 329 g/mol. The van der Waals surface area contributed by atoms with Gasteiger partial charge in [-0.3, -0.25) is 10.1 Å². The van der Waals surface area contributed by atoms with Gasteiger partial charge in [-0.2, -0.15) is 0 Å². The fraction of sp³-hybridized carbons (Fsp3) is 0.500. The summed E-state index contributed by atoms with van der Waals surface area (Å²) in [5.41, 5.74) is -1.69. The first kappa shape index (κ1) is 16.9. The number of amides is 1. The number of nitro groups is 1. The molecule has 126 valence electrons. The van der Waals surface area contributed by atoms with Crippen molar-refractivity contribution in [1.82, 2.24) is 4.90 Å². The van der Waals surface area contributed by atoms with Crippen molar-refractivity contribution in [1.29, 1.82) is 0 Å². The summed E-state index contributed by atoms with van der Waals surface area (Å²) >= 11 is 0. The Morgan fingerprint density at radius 2 is 2.00 bits per heavy atom. The third-order valence-electron chi connectivity index (χ3n) is 3.11. The number of anilines is 1. The summed E-state index contributed by atoms with van der Waals surface area (Å²) in [6.45, 7) is 5.62. The first-order valence-corrected chi connectivity index (χ1v) is 6.95. The van der Waals surface area contributed by atoms with Crippen LogP contribution in [0.25, 0.3) is 0 Å². The van der Waals surface area contributed by atoms with E-state index in [9.17, 15) is 23.7 Å². The minimum Gasteiger partial charge on any atom is -0.444 e. The molecule has 1 saturated heterocycles. The molecule has 0 spiro atoms. The molecule has 1 aliphatic rings. The van der Waals surface area contributed by atoms with Crippen molar-refractivity contribution in [3.05, 3.63) is 33.9 Å². The zero-order valence-corrected chi connectivity index (χ0v) is 12.9. The Kier molecular flexibility index (Phi) is 4.39. The molecule has 1 aromatic carbocycles. The van der Waals surface area contributed by atoms with E-state index in [1.165, 1.54) is 4.90 Å². The molecule has 1 N–H and O–H groups in total. The van der Waals surface area contributed by atoms with Crippen molar-refractivity contribution in [3.8, 4) is 0 Å². The summed E-state index contributed by atoms with van der Waals surface area (Å²) in [5.74, 6) is -2.07. The highest BCUT2D eigenvalue weighted by atomic mass is 19.1. The highest BCUT2D eigenvalue weighted by molar-refractivity contribution is 5.70. The zero-order chi connectivity index (χ0) is 17.4. The Hall–Kier alpha value is -2.45. The molecule has 23 heavy (non-hydrogen) atoms. The SMILES string of the molecule is CC(C)(C)OC(=O)N1CC(Nc2c(F)cc(F)cc2[N+](=O)[O-])C1. The Morgan fingerprint density at radius 1 is 1.39 bits per heavy atom. The van der Waals surface area contributed by atoms with Crippen molar-refractivity contribution in [2.45, 2.75) is 32.4 Å². The van der Waals surface area contributed by atoms with E-state index in [2.05, 4.69) is 5.32 Å². The predicted molar refractivity (Wildman–Crippen MR) is 78.2 cm³/mol. The normalized spacial score (nSPS) is 15.1. The van der Waals surface area contributed by atoms with E-state index in [1.807, 2.05) is 0 Å². The smallest absolute Gasteiger partial charge is 0.410 e. The number of likely N-dealkylation sites (tertiary alicyclic amines) is 1. The first-order chi connectivity index (χ1) is 10.6. The number of halogens is 2. The third-order valence-corrected chi connectivity index (χ3v) is 3.11. The standard InChI is InChI=1S/C14H17F2N3O4/c1-14(2,3)23-13(20)18-6-9(7-18)17-12-10(16)4-8(15)5-11(12)19(21)22/h4-5,9,17H,6-7H2,1-3H3. The van der Waals surface area contributed by atoms with Crippen LogP contribution in [0.15, 0.2) is 12.1 Å². The molecule has 0 radical (unpaired) electrons. The zero-order valence-electron chi connectivity index (χ0n) is 12.9. The van der Waals surface area contributed by atoms with Crippen LogP contribution in [-0.2, 0) is 4.74 Å². The number of ether oxygens (including phenoxy) is 1. The van der Waals surface area contributed by atoms with Crippen LogP contribution in [0.2, 0.25) is 0 Å². The fourth-order valence-electron chi connectivity index (χ4n) is 2.10. The summed E-state index contributed by atoms with van der Waals surface area (Å²) in [6.07, 6.45) is -0.510. The molecule has 0 bridgehead atoms. The average molecular weight is 329 g/mol. The lowest BCUT2D eigenvalue weighted by Gasteiger charge is -2.40. The summed E-state index contributed by atoms with van der Waals surface area (Å²) in [4.78, 5) is 23.2. The van der Waals surface area contributed by atoms with Crippen LogP contribution in [0.5, 0.6) is 0 Å². The predicted octanol–water partition coefficient (Wildman–Crippen LogP) is 2.90. The van der Waals surface area contributed by atoms with Crippen LogP contribution >= 0.6 is 0 Å². The summed E-state index contributed by atoms with van der Waals surface area (Å²) < 4.78 is 32.0. The lowest BCUT2D eigenvalue weighted by molar-refractivity contribution is -0.384. The number of nitrogens with zero attached hydrogens (tertiary/aromatic N) is 2. The third kappa shape index (κ3) is 4.05. The Labute approximate surface area is 131 Å². The van der Waals surface area contributed by atoms with Crippen LogP contribution in [0.1, 0.15) is 20.8 Å². The van der Waals surface area contributed by atoms with Gasteiger partial charge in [-0.05, 0) is 20.8 Å². The second kappa shape index (κ2) is 5.98. The van der Waals surface area contributed by atoms with Crippen LogP contribution in [-0.4, -0.2) is 40.6 Å². The van der Waals surface area contributed by atoms with Gasteiger partial charge in [-0.15, -0.1) is 0 Å². The van der Waals surface area contributed by atoms with Gasteiger partial charge in [-0.1, -0.05) is 0 Å². The van der Waals surface area contributed by atoms with Gasteiger partial charge < -0.3 is 15.0 Å². The number of hydrogen-bond donors (Lipinski definition) is 1. The lowest BCUT2D eigenvalue weighted by atomic mass is 10.1. The summed E-state index contributed by atoms with van der Waals surface area (Å²) in [6, 6.07) is 0.844. The minimum absolute atomic E-state index is 0.211. The van der Waals surface area contributed by atoms with Crippen molar-refractivity contribution in [3.63, 3.8) is 0 Å². The van der Waals surface area contributed by atoms with E-state index in [-0.39, 0.29) is 24.8 Å². The molecule has 0 aromatic heterocycles. The van der Waals surface area contributed by atoms with Crippen LogP contribution in [0.4, 0.5) is 25.0 Å². The second-order valence-corrected chi connectivity index (χ2v) is 6.27. The van der Waals surface area contributed by atoms with Gasteiger partial charge in [0, 0.05) is 19.2 Å². The molecule has 1 aromatic rings. The second-order valence-electron chi connectivity index (χ2n) is 6.27. The molecule has 0 aliphatic carbocycles. The molecule has 0 saturated carbocycles. The maximum Gasteiger partial charge on any atom is 0.410 e. The minimum atomic E-state index is -1.05. The quantitative estimate of drug-likeness (QED) is 0.681. The van der Waals surface area contributed by atoms with Gasteiger partial charge in [0.05, 0.1) is 17.0 Å². The Bertz CT molecular complexity index is 640. The maximum atomic E-state index is 13.8. The lowest BCUT2D eigenvalue weighted by Crippen LogP contribution is -2.58. The van der Waals surface area contributed by atoms with Crippen LogP contribution in [0, 0.1) is 21.7 Å². The van der Waals surface area contributed by atoms with Gasteiger partial charge in [0.1, 0.15) is 17.1 Å². The molecule has 7 nitrogen and oxygen atoms in total. The molecule has 1 aliphatic heterocycles. The Balaban J connectivity index is 2.01. The van der Waals surface area contributed by atoms with Crippen LogP contribution < -0.4 is 5.32 Å². The number of carbonyl (C=O) groups is 1. The van der Waals surface area contributed by atoms with Crippen LogP contribution in [0.3, 0.4) is 0 Å². The molecule has 1 amide bonds. The molecule has 2 rings (SSSR count). The van der Waals surface area contributed by atoms with Gasteiger partial charge >= 0.3 is 6.09 Å². The van der Waals surface area contributed by atoms with E-state index in [1.54, 1.807) is 20.8 Å². The molecular weight excluding hydrogens is 312 g/mol. The number of rotatable bonds is 3. The largest absolute Gasteiger partial charge is 0.444 e. The van der Waals surface area contributed by atoms with Gasteiger partial charge in [0.15, 0.2) is 5.82 Å². The van der Waals surface area contributed by atoms with E-state index in [0.717, 1.165) is 0 Å². The summed E-state index contributed by atoms with van der Waals surface area (Å²) in [5, 5.41) is 13.5. The van der Waals surface area contributed by atoms with E-state index in [4.69, 9.17) is 4.74 Å². The number of nitrogens with one attached hydrogen (secondary N) is 1. The van der Waals surface area contributed by atoms with Gasteiger partial charge in [0.25, 0.3) is 5.69 Å². The van der Waals surface area contributed by atoms with Gasteiger partial charge in [0.2, 0.25) is 0 Å². The van der Waals surface area contributed by atoms with E-state index < -0.39 is 33.9 Å². The topological polar surface area (TPSA) is 84.7 Å². The van der Waals surface area contributed by atoms with E-state index in [0.29, 0.717) is 12.1 Å². The molecule has 0 atom stereocenters. The van der Waals surface area contributed by atoms with E-state index >= 15 is 0 Å². The molecular formula is C14H17F2N3O4. The number of benzene rings is 1. The highest BCUT2D eigenvalue weighted by Crippen LogP contribution is 2.30. The van der Waals surface area contributed by atoms with Crippen molar-refractivity contribution >= 4 is 17.5 Å². The van der Waals surface area contributed by atoms with Crippen molar-refractivity contribution < 1.29 is 23.2 Å². The summed E-state index contributed by atoms with van der Waals surface area (Å²) in [7, 11) is 0. The Morgan fingerprint density at radius 3 is 2.52 bits per heavy atom. The van der Waals surface area contributed by atoms with Crippen molar-refractivity contribution in [2.75, 3.05) is 18.4 Å². The molecule has 9 heteroatoms.